The van der Waals surface area contributed by atoms with Crippen LogP contribution in [0.2, 0.25) is 0 Å². The topological polar surface area (TPSA) is 66.0 Å². The molecule has 0 aliphatic rings. The number of hydrogen-bond acceptors (Lipinski definition) is 5. The Kier molecular flexibility index (Phi) is 4.41. The molecule has 0 amide bonds. The maximum atomic E-state index is 5.61. The Balaban J connectivity index is 1.57. The normalized spacial score (nSPS) is 10.9. The molecular weight excluding hydrogens is 292 g/mol. The second kappa shape index (κ2) is 6.64. The lowest BCUT2D eigenvalue weighted by molar-refractivity contribution is 0.285. The van der Waals surface area contributed by atoms with Gasteiger partial charge in [-0.2, -0.15) is 10.1 Å². The van der Waals surface area contributed by atoms with Crippen molar-refractivity contribution in [3.8, 4) is 5.75 Å². The number of para-hydroxylation sites is 1. The second-order valence-electron chi connectivity index (χ2n) is 5.48. The van der Waals surface area contributed by atoms with Crippen molar-refractivity contribution in [2.24, 2.45) is 7.05 Å². The number of nitrogens with zero attached hydrogens (tertiary/aromatic N) is 4. The summed E-state index contributed by atoms with van der Waals surface area (Å²) < 4.78 is 12.8. The van der Waals surface area contributed by atoms with Crippen molar-refractivity contribution in [3.63, 3.8) is 0 Å². The van der Waals surface area contributed by atoms with E-state index in [0.717, 1.165) is 17.9 Å². The first-order valence-corrected chi connectivity index (χ1v) is 7.62. The summed E-state index contributed by atoms with van der Waals surface area (Å²) in [7, 11) is 1.96. The Morgan fingerprint density at radius 1 is 1.13 bits per heavy atom. The number of aromatic nitrogens is 4. The van der Waals surface area contributed by atoms with Gasteiger partial charge in [0.05, 0.1) is 5.69 Å². The molecule has 0 bridgehead atoms. The largest absolute Gasteiger partial charge is 0.485 e. The lowest BCUT2D eigenvalue weighted by Crippen LogP contribution is -1.99. The molecular formula is C17H20N4O2. The molecule has 0 unspecified atom stereocenters. The Morgan fingerprint density at radius 2 is 1.91 bits per heavy atom. The van der Waals surface area contributed by atoms with E-state index in [4.69, 9.17) is 9.26 Å². The quantitative estimate of drug-likeness (QED) is 0.700. The zero-order valence-electron chi connectivity index (χ0n) is 13.6. The van der Waals surface area contributed by atoms with Gasteiger partial charge < -0.3 is 9.26 Å². The number of benzene rings is 1. The average Bonchev–Trinajstić information content (AvgIpc) is 3.10. The van der Waals surface area contributed by atoms with Crippen LogP contribution in [0, 0.1) is 13.8 Å². The van der Waals surface area contributed by atoms with E-state index in [1.165, 1.54) is 11.3 Å². The highest BCUT2D eigenvalue weighted by atomic mass is 16.5. The van der Waals surface area contributed by atoms with Gasteiger partial charge in [-0.3, -0.25) is 4.68 Å². The van der Waals surface area contributed by atoms with E-state index in [2.05, 4.69) is 22.2 Å². The molecule has 0 radical (unpaired) electrons. The van der Waals surface area contributed by atoms with Gasteiger partial charge in [0.1, 0.15) is 5.75 Å². The molecule has 0 N–H and O–H groups in total. The number of hydrogen-bond donors (Lipinski definition) is 0. The van der Waals surface area contributed by atoms with Crippen molar-refractivity contribution in [1.29, 1.82) is 0 Å². The molecule has 0 aliphatic heterocycles. The van der Waals surface area contributed by atoms with E-state index in [-0.39, 0.29) is 0 Å². The van der Waals surface area contributed by atoms with Crippen molar-refractivity contribution in [2.75, 3.05) is 0 Å². The van der Waals surface area contributed by atoms with Crippen molar-refractivity contribution in [1.82, 2.24) is 19.9 Å². The first kappa shape index (κ1) is 15.3. The van der Waals surface area contributed by atoms with E-state index in [0.29, 0.717) is 24.7 Å². The van der Waals surface area contributed by atoms with Crippen molar-refractivity contribution in [2.45, 2.75) is 33.3 Å². The van der Waals surface area contributed by atoms with Crippen LogP contribution in [0.5, 0.6) is 5.75 Å². The minimum Gasteiger partial charge on any atom is -0.485 e. The molecule has 1 aromatic carbocycles. The zero-order chi connectivity index (χ0) is 16.2. The molecule has 23 heavy (non-hydrogen) atoms. The third-order valence-corrected chi connectivity index (χ3v) is 3.87. The summed E-state index contributed by atoms with van der Waals surface area (Å²) in [5.74, 6) is 1.98. The summed E-state index contributed by atoms with van der Waals surface area (Å²) in [5.41, 5.74) is 3.47. The fourth-order valence-corrected chi connectivity index (χ4v) is 2.53. The molecule has 6 heteroatoms. The highest BCUT2D eigenvalue weighted by molar-refractivity contribution is 5.25. The SMILES string of the molecule is Cc1nn(C)c(C)c1CCc1nc(COc2ccccc2)no1. The second-order valence-corrected chi connectivity index (χ2v) is 5.48. The van der Waals surface area contributed by atoms with Gasteiger partial charge in [0.2, 0.25) is 11.7 Å². The maximum Gasteiger partial charge on any atom is 0.227 e. The van der Waals surface area contributed by atoms with E-state index in [9.17, 15) is 0 Å². The Labute approximate surface area is 135 Å². The van der Waals surface area contributed by atoms with Gasteiger partial charge in [0, 0.05) is 19.2 Å². The van der Waals surface area contributed by atoms with Crippen LogP contribution in [-0.4, -0.2) is 19.9 Å². The lowest BCUT2D eigenvalue weighted by Gasteiger charge is -2.01. The molecule has 6 nitrogen and oxygen atoms in total. The minimum atomic E-state index is 0.304. The summed E-state index contributed by atoms with van der Waals surface area (Å²) in [5, 5.41) is 8.38. The average molecular weight is 312 g/mol. The van der Waals surface area contributed by atoms with Gasteiger partial charge in [-0.15, -0.1) is 0 Å². The molecule has 3 aromatic rings. The third-order valence-electron chi connectivity index (χ3n) is 3.87. The van der Waals surface area contributed by atoms with Gasteiger partial charge in [0.15, 0.2) is 6.61 Å². The smallest absolute Gasteiger partial charge is 0.227 e. The van der Waals surface area contributed by atoms with Crippen molar-refractivity contribution >= 4 is 0 Å². The number of aryl methyl sites for hydroxylation is 3. The van der Waals surface area contributed by atoms with E-state index >= 15 is 0 Å². The predicted octanol–water partition coefficient (Wildman–Crippen LogP) is 2.78. The summed E-state index contributed by atoms with van der Waals surface area (Å²) in [4.78, 5) is 4.38. The van der Waals surface area contributed by atoms with E-state index in [1.807, 2.05) is 49.0 Å². The first-order valence-electron chi connectivity index (χ1n) is 7.62. The number of ether oxygens (including phenoxy) is 1. The molecule has 0 saturated carbocycles. The Bertz CT molecular complexity index is 777. The zero-order valence-corrected chi connectivity index (χ0v) is 13.6. The van der Waals surface area contributed by atoms with Crippen LogP contribution < -0.4 is 4.74 Å². The van der Waals surface area contributed by atoms with E-state index in [1.54, 1.807) is 0 Å². The van der Waals surface area contributed by atoms with Crippen LogP contribution >= 0.6 is 0 Å². The summed E-state index contributed by atoms with van der Waals surface area (Å²) in [6.07, 6.45) is 1.54. The third kappa shape index (κ3) is 3.59. The van der Waals surface area contributed by atoms with Gasteiger partial charge >= 0.3 is 0 Å². The van der Waals surface area contributed by atoms with Crippen LogP contribution in [0.4, 0.5) is 0 Å². The van der Waals surface area contributed by atoms with Gasteiger partial charge in [-0.05, 0) is 38.0 Å². The molecule has 0 spiro atoms. The van der Waals surface area contributed by atoms with Crippen LogP contribution in [0.3, 0.4) is 0 Å². The van der Waals surface area contributed by atoms with Crippen LogP contribution in [0.1, 0.15) is 28.7 Å². The summed E-state index contributed by atoms with van der Waals surface area (Å²) in [6.45, 7) is 4.40. The molecule has 2 heterocycles. The first-order chi connectivity index (χ1) is 11.1. The molecule has 3 rings (SSSR count). The molecule has 120 valence electrons. The highest BCUT2D eigenvalue weighted by Gasteiger charge is 2.12. The standard InChI is InChI=1S/C17H20N4O2/c1-12-15(13(2)21(3)19-12)9-10-17-18-16(20-23-17)11-22-14-7-5-4-6-8-14/h4-8H,9-11H2,1-3H3. The number of rotatable bonds is 6. The van der Waals surface area contributed by atoms with Gasteiger partial charge in [-0.1, -0.05) is 23.4 Å². The molecule has 2 aromatic heterocycles. The molecule has 0 saturated heterocycles. The Morgan fingerprint density at radius 3 is 2.61 bits per heavy atom. The lowest BCUT2D eigenvalue weighted by atomic mass is 10.1. The fraction of sp³-hybridized carbons (Fsp3) is 0.353. The van der Waals surface area contributed by atoms with Crippen LogP contribution in [0.25, 0.3) is 0 Å². The van der Waals surface area contributed by atoms with Gasteiger partial charge in [-0.25, -0.2) is 0 Å². The maximum absolute atomic E-state index is 5.61. The van der Waals surface area contributed by atoms with Crippen LogP contribution in [0.15, 0.2) is 34.9 Å². The van der Waals surface area contributed by atoms with Crippen molar-refractivity contribution < 1.29 is 9.26 Å². The summed E-state index contributed by atoms with van der Waals surface area (Å²) in [6, 6.07) is 9.59. The summed E-state index contributed by atoms with van der Waals surface area (Å²) >= 11 is 0. The predicted molar refractivity (Wildman–Crippen MR) is 85.2 cm³/mol. The fourth-order valence-electron chi connectivity index (χ4n) is 2.53. The van der Waals surface area contributed by atoms with Crippen molar-refractivity contribution in [3.05, 3.63) is 59.0 Å². The molecule has 0 atom stereocenters. The monoisotopic (exact) mass is 312 g/mol. The van der Waals surface area contributed by atoms with Gasteiger partial charge in [0.25, 0.3) is 0 Å². The Hall–Kier alpha value is -2.63. The highest BCUT2D eigenvalue weighted by Crippen LogP contribution is 2.15. The minimum absolute atomic E-state index is 0.304. The van der Waals surface area contributed by atoms with Crippen LogP contribution in [-0.2, 0) is 26.5 Å². The van der Waals surface area contributed by atoms with E-state index < -0.39 is 0 Å². The molecule has 0 aliphatic carbocycles. The molecule has 0 fully saturated rings.